The molecule has 1 aromatic heterocycles. The third-order valence-corrected chi connectivity index (χ3v) is 4.80. The van der Waals surface area contributed by atoms with Gasteiger partial charge >= 0.3 is 0 Å². The fraction of sp³-hybridized carbons (Fsp3) is 0.400. The van der Waals surface area contributed by atoms with Gasteiger partial charge in [0.05, 0.1) is 0 Å². The fourth-order valence-corrected chi connectivity index (χ4v) is 3.26. The van der Waals surface area contributed by atoms with Crippen molar-refractivity contribution < 1.29 is 9.59 Å². The van der Waals surface area contributed by atoms with E-state index in [1.165, 1.54) is 5.56 Å². The second-order valence-electron chi connectivity index (χ2n) is 6.71. The molecule has 7 nitrogen and oxygen atoms in total. The molecule has 0 aliphatic carbocycles. The number of aryl methyl sites for hydroxylation is 3. The number of rotatable bonds is 5. The summed E-state index contributed by atoms with van der Waals surface area (Å²) < 4.78 is 0. The minimum Gasteiger partial charge on any atom is -0.342 e. The minimum absolute atomic E-state index is 0.130. The van der Waals surface area contributed by atoms with E-state index in [1.54, 1.807) is 22.8 Å². The van der Waals surface area contributed by atoms with E-state index in [-0.39, 0.29) is 5.91 Å². The van der Waals surface area contributed by atoms with E-state index in [1.807, 2.05) is 19.1 Å². The smallest absolute Gasteiger partial charge is 0.272 e. The van der Waals surface area contributed by atoms with Gasteiger partial charge in [-0.05, 0) is 31.4 Å². The van der Waals surface area contributed by atoms with E-state index in [9.17, 15) is 9.59 Å². The third-order valence-electron chi connectivity index (χ3n) is 4.80. The third kappa shape index (κ3) is 4.24. The number of hydrogen-bond donors (Lipinski definition) is 1. The van der Waals surface area contributed by atoms with Gasteiger partial charge in [0.15, 0.2) is 0 Å². The lowest BCUT2D eigenvalue weighted by Gasteiger charge is -2.32. The van der Waals surface area contributed by atoms with Crippen LogP contribution in [0.25, 0.3) is 0 Å². The summed E-state index contributed by atoms with van der Waals surface area (Å²) in [6, 6.07) is 7.88. The Morgan fingerprint density at radius 1 is 1.19 bits per heavy atom. The Bertz CT molecular complexity index is 844. The first-order valence-corrected chi connectivity index (χ1v) is 9.21. The molecule has 0 saturated carbocycles. The zero-order chi connectivity index (χ0) is 19.4. The Hall–Kier alpha value is -2.96. The average molecular weight is 367 g/mol. The van der Waals surface area contributed by atoms with Crippen LogP contribution >= 0.6 is 0 Å². The number of aromatic nitrogens is 2. The summed E-state index contributed by atoms with van der Waals surface area (Å²) in [4.78, 5) is 35.9. The first-order valence-electron chi connectivity index (χ1n) is 9.21. The quantitative estimate of drug-likeness (QED) is 0.821. The highest BCUT2D eigenvalue weighted by molar-refractivity contribution is 5.93. The van der Waals surface area contributed by atoms with Crippen molar-refractivity contribution in [3.05, 3.63) is 46.9 Å². The molecular formula is C20H25N5O2. The van der Waals surface area contributed by atoms with Gasteiger partial charge in [-0.3, -0.25) is 9.59 Å². The van der Waals surface area contributed by atoms with Gasteiger partial charge in [0.1, 0.15) is 17.3 Å². The molecule has 2 amide bonds. The lowest BCUT2D eigenvalue weighted by Crippen LogP contribution is -2.48. The summed E-state index contributed by atoms with van der Waals surface area (Å²) >= 11 is 0. The van der Waals surface area contributed by atoms with Crippen molar-refractivity contribution in [2.24, 2.45) is 0 Å². The first-order chi connectivity index (χ1) is 13.0. The van der Waals surface area contributed by atoms with E-state index in [0.717, 1.165) is 24.1 Å². The minimum atomic E-state index is -0.130. The van der Waals surface area contributed by atoms with Gasteiger partial charge in [-0.1, -0.05) is 25.1 Å². The van der Waals surface area contributed by atoms with E-state index >= 15 is 0 Å². The van der Waals surface area contributed by atoms with Crippen molar-refractivity contribution in [3.63, 3.8) is 0 Å². The molecule has 0 bridgehead atoms. The van der Waals surface area contributed by atoms with Crippen LogP contribution in [0.3, 0.4) is 0 Å². The molecule has 1 aromatic carbocycles. The Labute approximate surface area is 159 Å². The molecule has 27 heavy (non-hydrogen) atoms. The predicted octanol–water partition coefficient (Wildman–Crippen LogP) is 2.31. The highest BCUT2D eigenvalue weighted by Gasteiger charge is 2.23. The molecule has 1 N–H and O–H groups in total. The normalized spacial score (nSPS) is 14.2. The maximum Gasteiger partial charge on any atom is 0.272 e. The number of amides is 2. The Balaban J connectivity index is 1.83. The molecule has 0 spiro atoms. The Morgan fingerprint density at radius 2 is 1.93 bits per heavy atom. The Kier molecular flexibility index (Phi) is 5.69. The summed E-state index contributed by atoms with van der Waals surface area (Å²) in [5.41, 5.74) is 3.72. The van der Waals surface area contributed by atoms with Crippen LogP contribution in [-0.4, -0.2) is 58.3 Å². The highest BCUT2D eigenvalue weighted by Crippen LogP contribution is 2.25. The summed E-state index contributed by atoms with van der Waals surface area (Å²) in [5, 5.41) is 3.37. The number of nitrogens with zero attached hydrogens (tertiary/aromatic N) is 4. The molecule has 142 valence electrons. The largest absolute Gasteiger partial charge is 0.342 e. The SMILES string of the molecule is CCc1cccc(C)c1Nc1cc(C(=O)N2CCN(C=O)CC2)nc(C)n1. The maximum atomic E-state index is 12.8. The predicted molar refractivity (Wildman–Crippen MR) is 104 cm³/mol. The summed E-state index contributed by atoms with van der Waals surface area (Å²) in [6.07, 6.45) is 1.73. The molecule has 3 rings (SSSR count). The molecule has 0 radical (unpaired) electrons. The lowest BCUT2D eigenvalue weighted by molar-refractivity contribution is -0.119. The molecule has 2 heterocycles. The van der Waals surface area contributed by atoms with Crippen molar-refractivity contribution in [1.29, 1.82) is 0 Å². The molecular weight excluding hydrogens is 342 g/mol. The summed E-state index contributed by atoms with van der Waals surface area (Å²) in [7, 11) is 0. The molecule has 2 aromatic rings. The van der Waals surface area contributed by atoms with Gasteiger partial charge in [0.2, 0.25) is 6.41 Å². The van der Waals surface area contributed by atoms with Crippen LogP contribution in [0.5, 0.6) is 0 Å². The van der Waals surface area contributed by atoms with Gasteiger partial charge in [0.25, 0.3) is 5.91 Å². The molecule has 1 fully saturated rings. The average Bonchev–Trinajstić information content (AvgIpc) is 2.68. The molecule has 1 aliphatic rings. The number of para-hydroxylation sites is 1. The van der Waals surface area contributed by atoms with Crippen LogP contribution in [0, 0.1) is 13.8 Å². The monoisotopic (exact) mass is 367 g/mol. The van der Waals surface area contributed by atoms with Crippen molar-refractivity contribution >= 4 is 23.8 Å². The number of nitrogens with one attached hydrogen (secondary N) is 1. The molecule has 0 unspecified atom stereocenters. The van der Waals surface area contributed by atoms with Crippen molar-refractivity contribution in [2.75, 3.05) is 31.5 Å². The van der Waals surface area contributed by atoms with Crippen LogP contribution in [0.1, 0.15) is 34.4 Å². The second-order valence-corrected chi connectivity index (χ2v) is 6.71. The van der Waals surface area contributed by atoms with E-state index in [4.69, 9.17) is 0 Å². The van der Waals surface area contributed by atoms with Gasteiger partial charge in [-0.25, -0.2) is 9.97 Å². The van der Waals surface area contributed by atoms with Gasteiger partial charge < -0.3 is 15.1 Å². The zero-order valence-electron chi connectivity index (χ0n) is 16.0. The number of carbonyl (C=O) groups is 2. The number of piperazine rings is 1. The maximum absolute atomic E-state index is 12.8. The number of anilines is 2. The Morgan fingerprint density at radius 3 is 2.59 bits per heavy atom. The number of hydrogen-bond acceptors (Lipinski definition) is 5. The van der Waals surface area contributed by atoms with Crippen LogP contribution in [0.4, 0.5) is 11.5 Å². The second kappa shape index (κ2) is 8.16. The standard InChI is InChI=1S/C20H25N5O2/c1-4-16-7-5-6-14(2)19(16)23-18-12-17(21-15(3)22-18)20(27)25-10-8-24(13-26)9-11-25/h5-7,12-13H,4,8-11H2,1-3H3,(H,21,22,23). The first kappa shape index (κ1) is 18.8. The fourth-order valence-electron chi connectivity index (χ4n) is 3.26. The molecule has 1 saturated heterocycles. The van der Waals surface area contributed by atoms with Crippen molar-refractivity contribution in [1.82, 2.24) is 19.8 Å². The van der Waals surface area contributed by atoms with Gasteiger partial charge in [-0.15, -0.1) is 0 Å². The van der Waals surface area contributed by atoms with Crippen LogP contribution in [-0.2, 0) is 11.2 Å². The van der Waals surface area contributed by atoms with Crippen LogP contribution in [0.2, 0.25) is 0 Å². The highest BCUT2D eigenvalue weighted by atomic mass is 16.2. The molecule has 1 aliphatic heterocycles. The van der Waals surface area contributed by atoms with E-state index in [0.29, 0.717) is 43.5 Å². The topological polar surface area (TPSA) is 78.4 Å². The summed E-state index contributed by atoms with van der Waals surface area (Å²) in [6.45, 7) is 8.07. The van der Waals surface area contributed by atoms with Crippen molar-refractivity contribution in [2.45, 2.75) is 27.2 Å². The molecule has 7 heteroatoms. The van der Waals surface area contributed by atoms with Gasteiger partial charge in [0, 0.05) is 37.9 Å². The van der Waals surface area contributed by atoms with E-state index < -0.39 is 0 Å². The van der Waals surface area contributed by atoms with Crippen LogP contribution in [0.15, 0.2) is 24.3 Å². The molecule has 0 atom stereocenters. The lowest BCUT2D eigenvalue weighted by atomic mass is 10.1. The number of carbonyl (C=O) groups excluding carboxylic acids is 2. The van der Waals surface area contributed by atoms with Crippen molar-refractivity contribution in [3.8, 4) is 0 Å². The zero-order valence-corrected chi connectivity index (χ0v) is 16.0. The van der Waals surface area contributed by atoms with Gasteiger partial charge in [-0.2, -0.15) is 0 Å². The number of benzene rings is 1. The van der Waals surface area contributed by atoms with E-state index in [2.05, 4.69) is 28.3 Å². The summed E-state index contributed by atoms with van der Waals surface area (Å²) in [5.74, 6) is 1.03. The van der Waals surface area contributed by atoms with Crippen LogP contribution < -0.4 is 5.32 Å².